The first-order valence-electron chi connectivity index (χ1n) is 7.13. The van der Waals surface area contributed by atoms with E-state index in [1.807, 2.05) is 30.1 Å². The number of aryl methyl sites for hydroxylation is 2. The molecule has 1 heterocycles. The number of aromatic nitrogens is 2. The molecule has 0 aliphatic rings. The van der Waals surface area contributed by atoms with E-state index in [9.17, 15) is 0 Å². The fraction of sp³-hybridized carbons (Fsp3) is 0.438. The number of hydrogen-bond donors (Lipinski definition) is 1. The molecule has 20 heavy (non-hydrogen) atoms. The third kappa shape index (κ3) is 4.36. The lowest BCUT2D eigenvalue weighted by Gasteiger charge is -2.18. The third-order valence-corrected chi connectivity index (χ3v) is 3.77. The molecule has 0 aliphatic carbocycles. The molecule has 0 aliphatic heterocycles. The molecule has 0 spiro atoms. The minimum Gasteiger partial charge on any atom is -0.314 e. The van der Waals surface area contributed by atoms with Gasteiger partial charge >= 0.3 is 0 Å². The van der Waals surface area contributed by atoms with Crippen molar-refractivity contribution in [3.63, 3.8) is 0 Å². The lowest BCUT2D eigenvalue weighted by molar-refractivity contribution is 0.484. The molecule has 0 saturated heterocycles. The maximum absolute atomic E-state index is 6.05. The summed E-state index contributed by atoms with van der Waals surface area (Å²) in [7, 11) is 1.99. The summed E-state index contributed by atoms with van der Waals surface area (Å²) in [5.41, 5.74) is 2.56. The van der Waals surface area contributed by atoms with Crippen LogP contribution in [0.2, 0.25) is 5.02 Å². The van der Waals surface area contributed by atoms with Crippen LogP contribution in [0, 0.1) is 0 Å². The molecule has 0 amide bonds. The van der Waals surface area contributed by atoms with Gasteiger partial charge in [0.15, 0.2) is 0 Å². The Morgan fingerprint density at radius 1 is 1.35 bits per heavy atom. The maximum Gasteiger partial charge on any atom is 0.0492 e. The summed E-state index contributed by atoms with van der Waals surface area (Å²) >= 11 is 6.05. The number of nitrogens with one attached hydrogen (secondary N) is 1. The summed E-state index contributed by atoms with van der Waals surface area (Å²) < 4.78 is 1.95. The highest BCUT2D eigenvalue weighted by Crippen LogP contribution is 2.14. The summed E-state index contributed by atoms with van der Waals surface area (Å²) in [5.74, 6) is 0. The van der Waals surface area contributed by atoms with Crippen LogP contribution in [0.25, 0.3) is 0 Å². The van der Waals surface area contributed by atoms with Crippen LogP contribution >= 0.6 is 11.6 Å². The molecule has 108 valence electrons. The summed E-state index contributed by atoms with van der Waals surface area (Å²) in [6.07, 6.45) is 5.00. The van der Waals surface area contributed by atoms with Gasteiger partial charge in [0.2, 0.25) is 0 Å². The van der Waals surface area contributed by atoms with E-state index < -0.39 is 0 Å². The predicted molar refractivity (Wildman–Crippen MR) is 84.1 cm³/mol. The van der Waals surface area contributed by atoms with Crippen LogP contribution in [-0.2, 0) is 19.9 Å². The number of nitrogens with zero attached hydrogens (tertiary/aromatic N) is 2. The molecule has 2 rings (SSSR count). The van der Waals surface area contributed by atoms with Crippen LogP contribution in [0.5, 0.6) is 0 Å². The highest BCUT2D eigenvalue weighted by Gasteiger charge is 2.10. The Bertz CT molecular complexity index is 536. The number of likely N-dealkylation sites (N-methyl/N-ethyl adjacent to an activating group) is 1. The lowest BCUT2D eigenvalue weighted by atomic mass is 10.0. The van der Waals surface area contributed by atoms with E-state index in [4.69, 9.17) is 11.6 Å². The number of hydrogen-bond acceptors (Lipinski definition) is 2. The molecule has 0 fully saturated rings. The molecule has 1 aromatic carbocycles. The Balaban J connectivity index is 1.95. The fourth-order valence-electron chi connectivity index (χ4n) is 2.48. The summed E-state index contributed by atoms with van der Waals surface area (Å²) in [6, 6.07) is 10.7. The van der Waals surface area contributed by atoms with Gasteiger partial charge in [0.05, 0.1) is 0 Å². The quantitative estimate of drug-likeness (QED) is 0.849. The molecule has 1 aromatic heterocycles. The first-order valence-corrected chi connectivity index (χ1v) is 7.51. The lowest BCUT2D eigenvalue weighted by Crippen LogP contribution is -2.31. The Hall–Kier alpha value is -1.32. The second-order valence-corrected chi connectivity index (χ2v) is 5.51. The molecule has 0 bridgehead atoms. The van der Waals surface area contributed by atoms with Crippen molar-refractivity contribution < 1.29 is 0 Å². The average molecular weight is 292 g/mol. The van der Waals surface area contributed by atoms with Crippen LogP contribution in [0.4, 0.5) is 0 Å². The molecule has 1 N–H and O–H groups in total. The van der Waals surface area contributed by atoms with Crippen LogP contribution in [-0.4, -0.2) is 22.4 Å². The maximum atomic E-state index is 6.05. The molecule has 0 radical (unpaired) electrons. The zero-order chi connectivity index (χ0) is 14.4. The van der Waals surface area contributed by atoms with E-state index in [1.54, 1.807) is 0 Å². The van der Waals surface area contributed by atoms with E-state index in [0.717, 1.165) is 30.8 Å². The highest BCUT2D eigenvalue weighted by atomic mass is 35.5. The van der Waals surface area contributed by atoms with Crippen LogP contribution in [0.1, 0.15) is 24.6 Å². The zero-order valence-electron chi connectivity index (χ0n) is 12.1. The molecule has 1 unspecified atom stereocenters. The van der Waals surface area contributed by atoms with Gasteiger partial charge in [-0.2, -0.15) is 5.10 Å². The first kappa shape index (κ1) is 15.1. The molecule has 0 saturated carbocycles. The smallest absolute Gasteiger partial charge is 0.0492 e. The molecular formula is C16H22ClN3. The van der Waals surface area contributed by atoms with Gasteiger partial charge in [0, 0.05) is 30.0 Å². The van der Waals surface area contributed by atoms with Crippen LogP contribution in [0.3, 0.4) is 0 Å². The van der Waals surface area contributed by atoms with Crippen molar-refractivity contribution in [2.24, 2.45) is 7.05 Å². The van der Waals surface area contributed by atoms with E-state index in [2.05, 4.69) is 35.5 Å². The first-order chi connectivity index (χ1) is 9.69. The highest BCUT2D eigenvalue weighted by molar-refractivity contribution is 6.30. The second-order valence-electron chi connectivity index (χ2n) is 5.07. The van der Waals surface area contributed by atoms with E-state index in [-0.39, 0.29) is 0 Å². The topological polar surface area (TPSA) is 29.9 Å². The Kier molecular flexibility index (Phi) is 5.62. The summed E-state index contributed by atoms with van der Waals surface area (Å²) in [5, 5.41) is 8.58. The minimum absolute atomic E-state index is 0.466. The fourth-order valence-corrected chi connectivity index (χ4v) is 2.69. The van der Waals surface area contributed by atoms with Crippen molar-refractivity contribution in [1.29, 1.82) is 0 Å². The normalized spacial score (nSPS) is 12.6. The zero-order valence-corrected chi connectivity index (χ0v) is 12.9. The summed E-state index contributed by atoms with van der Waals surface area (Å²) in [4.78, 5) is 0. The third-order valence-electron chi connectivity index (χ3n) is 3.54. The molecule has 2 aromatic rings. The molecule has 4 heteroatoms. The second kappa shape index (κ2) is 7.46. The molecule has 3 nitrogen and oxygen atoms in total. The van der Waals surface area contributed by atoms with Crippen molar-refractivity contribution in [3.05, 3.63) is 52.8 Å². The summed E-state index contributed by atoms with van der Waals surface area (Å²) in [6.45, 7) is 3.13. The van der Waals surface area contributed by atoms with Gasteiger partial charge in [0.1, 0.15) is 0 Å². The number of benzene rings is 1. The van der Waals surface area contributed by atoms with Crippen molar-refractivity contribution >= 4 is 11.6 Å². The predicted octanol–water partition coefficient (Wildman–Crippen LogP) is 3.23. The average Bonchev–Trinajstić information content (AvgIpc) is 2.82. The van der Waals surface area contributed by atoms with E-state index in [1.165, 1.54) is 11.3 Å². The van der Waals surface area contributed by atoms with Crippen molar-refractivity contribution in [1.82, 2.24) is 15.1 Å². The SMILES string of the molecule is CCNC(CCc1ccnn1C)Cc1cccc(Cl)c1. The van der Waals surface area contributed by atoms with Gasteiger partial charge in [-0.1, -0.05) is 30.7 Å². The van der Waals surface area contributed by atoms with Gasteiger partial charge in [-0.15, -0.1) is 0 Å². The van der Waals surface area contributed by atoms with Crippen molar-refractivity contribution in [3.8, 4) is 0 Å². The van der Waals surface area contributed by atoms with Crippen molar-refractivity contribution in [2.45, 2.75) is 32.2 Å². The molecule has 1 atom stereocenters. The van der Waals surface area contributed by atoms with Crippen LogP contribution in [0.15, 0.2) is 36.5 Å². The standard InChI is InChI=1S/C16H22ClN3/c1-3-18-15(7-8-16-9-10-19-20(16)2)12-13-5-4-6-14(17)11-13/h4-6,9-11,15,18H,3,7-8,12H2,1-2H3. The Morgan fingerprint density at radius 2 is 2.20 bits per heavy atom. The van der Waals surface area contributed by atoms with Gasteiger partial charge < -0.3 is 5.32 Å². The van der Waals surface area contributed by atoms with Gasteiger partial charge in [-0.05, 0) is 49.6 Å². The van der Waals surface area contributed by atoms with E-state index >= 15 is 0 Å². The van der Waals surface area contributed by atoms with Crippen molar-refractivity contribution in [2.75, 3.05) is 6.54 Å². The Morgan fingerprint density at radius 3 is 2.85 bits per heavy atom. The largest absolute Gasteiger partial charge is 0.314 e. The monoisotopic (exact) mass is 291 g/mol. The van der Waals surface area contributed by atoms with E-state index in [0.29, 0.717) is 6.04 Å². The number of rotatable bonds is 7. The van der Waals surface area contributed by atoms with Crippen LogP contribution < -0.4 is 5.32 Å². The minimum atomic E-state index is 0.466. The van der Waals surface area contributed by atoms with Gasteiger partial charge in [0.25, 0.3) is 0 Å². The Labute approximate surface area is 126 Å². The molecular weight excluding hydrogens is 270 g/mol. The number of halogens is 1. The van der Waals surface area contributed by atoms with Gasteiger partial charge in [-0.3, -0.25) is 4.68 Å². The van der Waals surface area contributed by atoms with Gasteiger partial charge in [-0.25, -0.2) is 0 Å².